The van der Waals surface area contributed by atoms with E-state index >= 15 is 0 Å². The van der Waals surface area contributed by atoms with Gasteiger partial charge in [0.1, 0.15) is 19.3 Å². The van der Waals surface area contributed by atoms with E-state index in [2.05, 4.69) is 137 Å². The van der Waals surface area contributed by atoms with Gasteiger partial charge in [-0.05, 0) is 135 Å². The molecular weight excluding hydrogens is 1380 g/mol. The van der Waals surface area contributed by atoms with Crippen LogP contribution in [-0.4, -0.2) is 96.7 Å². The topological polar surface area (TPSA) is 237 Å². The molecule has 0 aliphatic carbocycles. The van der Waals surface area contributed by atoms with Gasteiger partial charge in [-0.2, -0.15) is 0 Å². The highest BCUT2D eigenvalue weighted by Crippen LogP contribution is 2.45. The van der Waals surface area contributed by atoms with E-state index in [4.69, 9.17) is 37.0 Å². The average Bonchev–Trinajstić information content (AvgIpc) is 0.901. The van der Waals surface area contributed by atoms with E-state index in [1.165, 1.54) is 89.9 Å². The van der Waals surface area contributed by atoms with Gasteiger partial charge in [0, 0.05) is 25.7 Å². The van der Waals surface area contributed by atoms with Crippen molar-refractivity contribution in [2.45, 2.75) is 380 Å². The lowest BCUT2D eigenvalue weighted by Crippen LogP contribution is -2.30. The Kier molecular flexibility index (Phi) is 75.6. The smallest absolute Gasteiger partial charge is 0.462 e. The molecule has 0 aromatic heterocycles. The first-order valence-electron chi connectivity index (χ1n) is 42.1. The molecule has 5 atom stereocenters. The third-order valence-electron chi connectivity index (χ3n) is 17.7. The molecule has 19 heteroatoms. The van der Waals surface area contributed by atoms with Gasteiger partial charge in [-0.25, -0.2) is 9.13 Å². The van der Waals surface area contributed by atoms with Crippen molar-refractivity contribution in [3.63, 3.8) is 0 Å². The van der Waals surface area contributed by atoms with E-state index in [1.807, 2.05) is 0 Å². The van der Waals surface area contributed by atoms with E-state index in [1.54, 1.807) is 0 Å². The number of aliphatic hydroxyl groups excluding tert-OH is 1. The number of phosphoric acid groups is 2. The van der Waals surface area contributed by atoms with Gasteiger partial charge in [-0.15, -0.1) is 0 Å². The van der Waals surface area contributed by atoms with Crippen molar-refractivity contribution >= 4 is 39.5 Å². The summed E-state index contributed by atoms with van der Waals surface area (Å²) < 4.78 is 68.7. The van der Waals surface area contributed by atoms with E-state index in [0.717, 1.165) is 193 Å². The van der Waals surface area contributed by atoms with Crippen LogP contribution < -0.4 is 0 Å². The molecule has 0 saturated heterocycles. The van der Waals surface area contributed by atoms with Crippen LogP contribution in [0.15, 0.2) is 109 Å². The molecular formula is C87H152O17P2. The van der Waals surface area contributed by atoms with Crippen LogP contribution in [0.2, 0.25) is 0 Å². The predicted molar refractivity (Wildman–Crippen MR) is 436 cm³/mol. The molecule has 612 valence electrons. The van der Waals surface area contributed by atoms with Gasteiger partial charge < -0.3 is 33.8 Å². The molecule has 0 saturated carbocycles. The Labute approximate surface area is 645 Å². The maximum Gasteiger partial charge on any atom is 0.472 e. The summed E-state index contributed by atoms with van der Waals surface area (Å²) in [5.41, 5.74) is 0. The largest absolute Gasteiger partial charge is 0.472 e. The molecule has 0 aromatic carbocycles. The van der Waals surface area contributed by atoms with Gasteiger partial charge in [0.05, 0.1) is 26.4 Å². The lowest BCUT2D eigenvalue weighted by atomic mass is 10.0. The number of phosphoric ester groups is 2. The fourth-order valence-electron chi connectivity index (χ4n) is 11.3. The molecule has 0 bridgehead atoms. The first kappa shape index (κ1) is 102. The van der Waals surface area contributed by atoms with Crippen molar-refractivity contribution in [2.75, 3.05) is 39.6 Å². The molecule has 5 unspecified atom stereocenters. The molecule has 0 rings (SSSR count). The number of unbranched alkanes of at least 4 members (excludes halogenated alkanes) is 35. The van der Waals surface area contributed by atoms with Gasteiger partial charge in [0.25, 0.3) is 0 Å². The summed E-state index contributed by atoms with van der Waals surface area (Å²) in [6.07, 6.45) is 86.2. The zero-order valence-corrected chi connectivity index (χ0v) is 68.9. The normalized spacial score (nSPS) is 14.4. The molecule has 0 aromatic rings. The Balaban J connectivity index is 5.36. The summed E-state index contributed by atoms with van der Waals surface area (Å²) in [6, 6.07) is 0. The van der Waals surface area contributed by atoms with Gasteiger partial charge in [0.2, 0.25) is 0 Å². The Morgan fingerprint density at radius 1 is 0.274 bits per heavy atom. The second kappa shape index (κ2) is 78.8. The molecule has 0 fully saturated rings. The fourth-order valence-corrected chi connectivity index (χ4v) is 12.9. The highest BCUT2D eigenvalue weighted by Gasteiger charge is 2.30. The van der Waals surface area contributed by atoms with Crippen LogP contribution in [0.4, 0.5) is 0 Å². The predicted octanol–water partition coefficient (Wildman–Crippen LogP) is 24.9. The van der Waals surface area contributed by atoms with Crippen molar-refractivity contribution < 1.29 is 80.2 Å². The van der Waals surface area contributed by atoms with Crippen LogP contribution in [0.25, 0.3) is 0 Å². The van der Waals surface area contributed by atoms with Crippen LogP contribution in [0.5, 0.6) is 0 Å². The standard InChI is InChI=1S/C87H152O17P2/c1-5-9-13-17-21-25-29-33-36-38-40-42-45-48-51-55-59-63-67-71-84(89)97-77-82(103-86(91)73-69-65-61-57-53-47-32-28-24-20-16-12-8-4)79-101-105(93,94)99-75-81(88)76-100-106(95,96)102-80-83(104-87(92)74-70-66-62-58-54-50-44-35-31-27-23-19-15-11-7-3)78-98-85(90)72-68-64-60-56-52-49-46-43-41-39-37-34-30-26-22-18-14-10-6-2/h9,13,21-23,25-27,33-37,40-44,81-83,88H,5-8,10-12,14-20,24,28-32,38-39,45-80H2,1-4H3,(H,93,94)(H,95,96)/b13-9-,25-21-,26-22-,27-23-,36-33-,37-34-,42-40-,43-41-,44-35-. The molecule has 0 amide bonds. The van der Waals surface area contributed by atoms with Crippen molar-refractivity contribution in [1.29, 1.82) is 0 Å². The van der Waals surface area contributed by atoms with Gasteiger partial charge in [-0.1, -0.05) is 310 Å². The van der Waals surface area contributed by atoms with Crippen molar-refractivity contribution in [3.8, 4) is 0 Å². The minimum absolute atomic E-state index is 0.0759. The third-order valence-corrected chi connectivity index (χ3v) is 19.6. The van der Waals surface area contributed by atoms with Crippen molar-refractivity contribution in [3.05, 3.63) is 109 Å². The van der Waals surface area contributed by atoms with Crippen LogP contribution in [-0.2, 0) is 65.4 Å². The highest BCUT2D eigenvalue weighted by molar-refractivity contribution is 7.47. The zero-order valence-electron chi connectivity index (χ0n) is 67.1. The maximum atomic E-state index is 13.1. The fraction of sp³-hybridized carbons (Fsp3) is 0.747. The molecule has 0 heterocycles. The number of carbonyl (C=O) groups excluding carboxylic acids is 4. The van der Waals surface area contributed by atoms with Crippen LogP contribution in [0.1, 0.15) is 362 Å². The molecule has 0 spiro atoms. The Morgan fingerprint density at radius 3 is 0.774 bits per heavy atom. The second-order valence-electron chi connectivity index (χ2n) is 28.0. The molecule has 106 heavy (non-hydrogen) atoms. The summed E-state index contributed by atoms with van der Waals surface area (Å²) >= 11 is 0. The van der Waals surface area contributed by atoms with E-state index in [9.17, 15) is 43.2 Å². The van der Waals surface area contributed by atoms with Gasteiger partial charge in [-0.3, -0.25) is 37.3 Å². The summed E-state index contributed by atoms with van der Waals surface area (Å²) in [7, 11) is -9.97. The van der Waals surface area contributed by atoms with E-state index in [-0.39, 0.29) is 25.7 Å². The van der Waals surface area contributed by atoms with Crippen molar-refractivity contribution in [1.82, 2.24) is 0 Å². The van der Waals surface area contributed by atoms with E-state index < -0.39 is 97.5 Å². The number of hydrogen-bond donors (Lipinski definition) is 3. The number of aliphatic hydroxyl groups is 1. The molecule has 0 aliphatic heterocycles. The average molecular weight is 1530 g/mol. The molecule has 17 nitrogen and oxygen atoms in total. The number of rotatable bonds is 79. The zero-order chi connectivity index (χ0) is 77.4. The third kappa shape index (κ3) is 77.9. The first-order valence-corrected chi connectivity index (χ1v) is 45.1. The second-order valence-corrected chi connectivity index (χ2v) is 30.9. The first-order chi connectivity index (χ1) is 51.7. The summed E-state index contributed by atoms with van der Waals surface area (Å²) in [5, 5.41) is 10.7. The minimum Gasteiger partial charge on any atom is -0.462 e. The number of ether oxygens (including phenoxy) is 4. The molecule has 0 aliphatic rings. The Morgan fingerprint density at radius 2 is 0.491 bits per heavy atom. The SMILES string of the molecule is CC/C=C\C/C=C\C/C=C\C/C=C\CCCCCCCCC(=O)OCC(COP(=O)(O)OCC(O)COP(=O)(O)OCC(COC(=O)CCCCCCCC/C=C\C/C=C\C/C=C\CCCCC)OC(=O)CCCCCCC/C=C\C/C=C\CCCCC)OC(=O)CCCCCCCCCCCCCCC. The molecule has 3 N–H and O–H groups in total. The number of carbonyl (C=O) groups is 4. The van der Waals surface area contributed by atoms with Crippen LogP contribution in [0.3, 0.4) is 0 Å². The van der Waals surface area contributed by atoms with Crippen LogP contribution in [0, 0.1) is 0 Å². The van der Waals surface area contributed by atoms with Gasteiger partial charge >= 0.3 is 39.5 Å². The minimum atomic E-state index is -4.99. The van der Waals surface area contributed by atoms with Crippen molar-refractivity contribution in [2.24, 2.45) is 0 Å². The van der Waals surface area contributed by atoms with Crippen LogP contribution >= 0.6 is 15.6 Å². The van der Waals surface area contributed by atoms with E-state index in [0.29, 0.717) is 25.7 Å². The summed E-state index contributed by atoms with van der Waals surface area (Å²) in [5.74, 6) is -2.20. The number of esters is 4. The maximum absolute atomic E-state index is 13.1. The van der Waals surface area contributed by atoms with Gasteiger partial charge in [0.15, 0.2) is 12.2 Å². The lowest BCUT2D eigenvalue weighted by molar-refractivity contribution is -0.161. The quantitative estimate of drug-likeness (QED) is 0.0169. The number of hydrogen-bond acceptors (Lipinski definition) is 15. The Bertz CT molecular complexity index is 2430. The lowest BCUT2D eigenvalue weighted by Gasteiger charge is -2.21. The number of allylic oxidation sites excluding steroid dienone is 18. The summed E-state index contributed by atoms with van der Waals surface area (Å²) in [4.78, 5) is 73.2. The monoisotopic (exact) mass is 1530 g/mol. The molecule has 0 radical (unpaired) electrons. The summed E-state index contributed by atoms with van der Waals surface area (Å²) in [6.45, 7) is 4.72. The Hall–Kier alpha value is -4.28. The highest BCUT2D eigenvalue weighted by atomic mass is 31.2.